The minimum atomic E-state index is 0.331. The number of hydrogen-bond donors (Lipinski definition) is 0. The van der Waals surface area contributed by atoms with Gasteiger partial charge < -0.3 is 0 Å². The van der Waals surface area contributed by atoms with Crippen molar-refractivity contribution in [3.05, 3.63) is 24.3 Å². The van der Waals surface area contributed by atoms with E-state index >= 15 is 0 Å². The van der Waals surface area contributed by atoms with Gasteiger partial charge in [-0.1, -0.05) is 26.0 Å². The molecule has 0 aliphatic heterocycles. The molecule has 0 aliphatic carbocycles. The highest BCUT2D eigenvalue weighted by molar-refractivity contribution is 5.73. The van der Waals surface area contributed by atoms with Crippen LogP contribution in [0.25, 0.3) is 0 Å². The second-order valence-corrected chi connectivity index (χ2v) is 2.50. The molecule has 0 radical (unpaired) electrons. The maximum absolute atomic E-state index is 10.3. The molecule has 1 nitrogen and oxygen atoms in total. The molecule has 10 heavy (non-hydrogen) atoms. The standard InChI is InChI=1S/C9H14O/c1-4-5-6-9(7-10)8(2)3/h4,6-8H,1,5H2,2-3H3. The van der Waals surface area contributed by atoms with Crippen LogP contribution in [0.2, 0.25) is 0 Å². The lowest BCUT2D eigenvalue weighted by Crippen LogP contribution is -1.94. The average Bonchev–Trinajstić information content (AvgIpc) is 1.89. The largest absolute Gasteiger partial charge is 0.298 e. The summed E-state index contributed by atoms with van der Waals surface area (Å²) >= 11 is 0. The highest BCUT2D eigenvalue weighted by Gasteiger charge is 1.98. The van der Waals surface area contributed by atoms with Crippen LogP contribution in [0.15, 0.2) is 24.3 Å². The summed E-state index contributed by atoms with van der Waals surface area (Å²) in [6.45, 7) is 7.57. The van der Waals surface area contributed by atoms with Gasteiger partial charge >= 0.3 is 0 Å². The van der Waals surface area contributed by atoms with E-state index in [-0.39, 0.29) is 0 Å². The molecule has 1 heteroatoms. The first kappa shape index (κ1) is 9.15. The topological polar surface area (TPSA) is 17.1 Å². The zero-order valence-corrected chi connectivity index (χ0v) is 6.63. The zero-order chi connectivity index (χ0) is 7.98. The quantitative estimate of drug-likeness (QED) is 0.331. The first-order valence-electron chi connectivity index (χ1n) is 3.48. The molecule has 0 fully saturated rings. The molecule has 0 aliphatic rings. The molecule has 0 amide bonds. The van der Waals surface area contributed by atoms with Crippen molar-refractivity contribution < 1.29 is 4.79 Å². The number of aldehydes is 1. The Balaban J connectivity index is 4.03. The van der Waals surface area contributed by atoms with Crippen LogP contribution in [0.1, 0.15) is 20.3 Å². The van der Waals surface area contributed by atoms with Crippen LogP contribution in [-0.2, 0) is 4.79 Å². The van der Waals surface area contributed by atoms with Crippen molar-refractivity contribution in [3.63, 3.8) is 0 Å². The molecule has 0 aromatic heterocycles. The smallest absolute Gasteiger partial charge is 0.145 e. The number of rotatable bonds is 4. The summed E-state index contributed by atoms with van der Waals surface area (Å²) in [4.78, 5) is 10.3. The predicted octanol–water partition coefficient (Wildman–Crippen LogP) is 2.34. The summed E-state index contributed by atoms with van der Waals surface area (Å²) in [5, 5.41) is 0. The molecule has 0 heterocycles. The molecule has 0 aromatic carbocycles. The molecule has 0 spiro atoms. The molecule has 0 N–H and O–H groups in total. The van der Waals surface area contributed by atoms with Crippen LogP contribution in [0.4, 0.5) is 0 Å². The second kappa shape index (κ2) is 4.98. The minimum absolute atomic E-state index is 0.331. The Hall–Kier alpha value is -0.850. The van der Waals surface area contributed by atoms with E-state index in [1.165, 1.54) is 0 Å². The zero-order valence-electron chi connectivity index (χ0n) is 6.63. The van der Waals surface area contributed by atoms with Crippen molar-refractivity contribution in [2.45, 2.75) is 20.3 Å². The summed E-state index contributed by atoms with van der Waals surface area (Å²) in [5.41, 5.74) is 0.861. The Morgan fingerprint density at radius 2 is 2.20 bits per heavy atom. The summed E-state index contributed by atoms with van der Waals surface area (Å²) in [5.74, 6) is 0.331. The van der Waals surface area contributed by atoms with E-state index in [9.17, 15) is 4.79 Å². The first-order valence-corrected chi connectivity index (χ1v) is 3.48. The Kier molecular flexibility index (Phi) is 4.55. The van der Waals surface area contributed by atoms with E-state index in [1.54, 1.807) is 6.08 Å². The molecule has 0 saturated carbocycles. The van der Waals surface area contributed by atoms with Gasteiger partial charge in [-0.05, 0) is 17.9 Å². The monoisotopic (exact) mass is 138 g/mol. The van der Waals surface area contributed by atoms with E-state index in [4.69, 9.17) is 0 Å². The van der Waals surface area contributed by atoms with Crippen molar-refractivity contribution in [3.8, 4) is 0 Å². The lowest BCUT2D eigenvalue weighted by molar-refractivity contribution is -0.105. The minimum Gasteiger partial charge on any atom is -0.298 e. The van der Waals surface area contributed by atoms with Crippen molar-refractivity contribution in [1.82, 2.24) is 0 Å². The maximum atomic E-state index is 10.3. The fourth-order valence-corrected chi connectivity index (χ4v) is 0.639. The van der Waals surface area contributed by atoms with Gasteiger partial charge in [-0.25, -0.2) is 0 Å². The van der Waals surface area contributed by atoms with Gasteiger partial charge in [0.25, 0.3) is 0 Å². The van der Waals surface area contributed by atoms with Crippen molar-refractivity contribution in [1.29, 1.82) is 0 Å². The highest BCUT2D eigenvalue weighted by atomic mass is 16.1. The van der Waals surface area contributed by atoms with Gasteiger partial charge in [0.2, 0.25) is 0 Å². The van der Waals surface area contributed by atoms with E-state index < -0.39 is 0 Å². The Bertz CT molecular complexity index is 143. The van der Waals surface area contributed by atoms with E-state index in [1.807, 2.05) is 19.9 Å². The molecular formula is C9H14O. The average molecular weight is 138 g/mol. The number of carbonyl (C=O) groups excluding carboxylic acids is 1. The number of hydrogen-bond acceptors (Lipinski definition) is 1. The van der Waals surface area contributed by atoms with Crippen LogP contribution in [0.5, 0.6) is 0 Å². The third-order valence-electron chi connectivity index (χ3n) is 1.32. The van der Waals surface area contributed by atoms with E-state index in [0.717, 1.165) is 18.3 Å². The lowest BCUT2D eigenvalue weighted by atomic mass is 10.0. The maximum Gasteiger partial charge on any atom is 0.145 e. The summed E-state index contributed by atoms with van der Waals surface area (Å²) < 4.78 is 0. The van der Waals surface area contributed by atoms with Crippen molar-refractivity contribution in [2.75, 3.05) is 0 Å². The van der Waals surface area contributed by atoms with Crippen LogP contribution in [0.3, 0.4) is 0 Å². The third kappa shape index (κ3) is 3.23. The van der Waals surface area contributed by atoms with Crippen LogP contribution < -0.4 is 0 Å². The number of allylic oxidation sites excluding steroid dienone is 3. The van der Waals surface area contributed by atoms with Crippen molar-refractivity contribution in [2.24, 2.45) is 5.92 Å². The first-order chi connectivity index (χ1) is 4.72. The molecule has 0 atom stereocenters. The van der Waals surface area contributed by atoms with Gasteiger partial charge in [0.1, 0.15) is 6.29 Å². The van der Waals surface area contributed by atoms with Gasteiger partial charge in [0, 0.05) is 0 Å². The van der Waals surface area contributed by atoms with E-state index in [2.05, 4.69) is 6.58 Å². The Labute approximate surface area is 62.4 Å². The van der Waals surface area contributed by atoms with Gasteiger partial charge in [-0.3, -0.25) is 4.79 Å². The second-order valence-electron chi connectivity index (χ2n) is 2.50. The normalized spacial score (nSPS) is 11.7. The molecule has 0 rings (SSSR count). The summed E-state index contributed by atoms with van der Waals surface area (Å²) in [6.07, 6.45) is 5.39. The fourth-order valence-electron chi connectivity index (χ4n) is 0.639. The van der Waals surface area contributed by atoms with E-state index in [0.29, 0.717) is 5.92 Å². The molecule has 0 saturated heterocycles. The summed E-state index contributed by atoms with van der Waals surface area (Å²) in [6, 6.07) is 0. The van der Waals surface area contributed by atoms with Gasteiger partial charge in [0.15, 0.2) is 0 Å². The van der Waals surface area contributed by atoms with Crippen LogP contribution in [0, 0.1) is 5.92 Å². The number of carbonyl (C=O) groups is 1. The highest BCUT2D eigenvalue weighted by Crippen LogP contribution is 2.06. The van der Waals surface area contributed by atoms with Gasteiger partial charge in [-0.15, -0.1) is 6.58 Å². The summed E-state index contributed by atoms with van der Waals surface area (Å²) in [7, 11) is 0. The molecule has 0 unspecified atom stereocenters. The van der Waals surface area contributed by atoms with Crippen LogP contribution >= 0.6 is 0 Å². The van der Waals surface area contributed by atoms with Gasteiger partial charge in [0.05, 0.1) is 0 Å². The molecule has 0 aromatic rings. The molecule has 56 valence electrons. The van der Waals surface area contributed by atoms with Crippen LogP contribution in [-0.4, -0.2) is 6.29 Å². The fraction of sp³-hybridized carbons (Fsp3) is 0.444. The van der Waals surface area contributed by atoms with Crippen molar-refractivity contribution >= 4 is 6.29 Å². The SMILES string of the molecule is C=CCC=C(C=O)C(C)C. The predicted molar refractivity (Wildman–Crippen MR) is 43.8 cm³/mol. The van der Waals surface area contributed by atoms with Gasteiger partial charge in [-0.2, -0.15) is 0 Å². The molecule has 0 bridgehead atoms. The Morgan fingerprint density at radius 1 is 1.60 bits per heavy atom. The third-order valence-corrected chi connectivity index (χ3v) is 1.32. The lowest BCUT2D eigenvalue weighted by Gasteiger charge is -2.00. The molecular weight excluding hydrogens is 124 g/mol. The Morgan fingerprint density at radius 3 is 2.50 bits per heavy atom.